The highest BCUT2D eigenvalue weighted by molar-refractivity contribution is 8.35. The summed E-state index contributed by atoms with van der Waals surface area (Å²) < 4.78 is 29.9. The number of esters is 2. The summed E-state index contributed by atoms with van der Waals surface area (Å²) in [5.41, 5.74) is 3.80. The highest BCUT2D eigenvalue weighted by atomic mass is 32.9. The van der Waals surface area contributed by atoms with Crippen molar-refractivity contribution in [2.45, 2.75) is 117 Å². The molecular weight excluding hydrogens is 1000 g/mol. The van der Waals surface area contributed by atoms with Gasteiger partial charge in [-0.2, -0.15) is 0 Å². The maximum Gasteiger partial charge on any atom is 0.379 e. The Bertz CT molecular complexity index is 2200. The zero-order valence-electron chi connectivity index (χ0n) is 34.6. The van der Waals surface area contributed by atoms with Crippen molar-refractivity contribution in [3.05, 3.63) is 97.1 Å². The molecule has 65 heavy (non-hydrogen) atoms. The van der Waals surface area contributed by atoms with E-state index >= 15 is 0 Å². The lowest BCUT2D eigenvalue weighted by molar-refractivity contribution is -0.149. The quantitative estimate of drug-likeness (QED) is 0.0346. The van der Waals surface area contributed by atoms with E-state index in [4.69, 9.17) is 44.2 Å². The summed E-state index contributed by atoms with van der Waals surface area (Å²) in [7, 11) is -6.00. The Labute approximate surface area is 414 Å². The molecule has 363 valence electrons. The van der Waals surface area contributed by atoms with Crippen LogP contribution in [0.5, 0.6) is 11.5 Å². The Morgan fingerprint density at radius 3 is 1.25 bits per heavy atom. The fourth-order valence-corrected chi connectivity index (χ4v) is 23.5. The molecule has 0 saturated heterocycles. The number of hydrogen-bond donors (Lipinski definition) is 0. The van der Waals surface area contributed by atoms with E-state index in [1.165, 1.54) is 0 Å². The Balaban J connectivity index is -0.000000577. The van der Waals surface area contributed by atoms with E-state index in [2.05, 4.69) is 39.3 Å². The molecular formula is C45H73O10P2S4Si4. The predicted molar refractivity (Wildman–Crippen MR) is 296 cm³/mol. The van der Waals surface area contributed by atoms with E-state index < -0.39 is 60.1 Å². The Morgan fingerprint density at radius 1 is 0.600 bits per heavy atom. The molecule has 0 fully saturated rings. The average molecular weight is 1080 g/mol. The van der Waals surface area contributed by atoms with Crippen LogP contribution in [0.15, 0.2) is 97.1 Å². The van der Waals surface area contributed by atoms with E-state index in [0.717, 1.165) is 53.5 Å². The van der Waals surface area contributed by atoms with E-state index in [0.29, 0.717) is 22.8 Å². The fourth-order valence-electron chi connectivity index (χ4n) is 5.61. The lowest BCUT2D eigenvalue weighted by atomic mass is 10.1. The molecule has 0 aromatic heterocycles. The highest BCUT2D eigenvalue weighted by Crippen LogP contribution is 2.29. The van der Waals surface area contributed by atoms with Crippen molar-refractivity contribution in [2.75, 3.05) is 0 Å². The predicted octanol–water partition coefficient (Wildman–Crippen LogP) is 11.2. The van der Waals surface area contributed by atoms with Gasteiger partial charge in [0.15, 0.2) is 41.1 Å². The molecule has 0 saturated carbocycles. The molecule has 0 bridgehead atoms. The van der Waals surface area contributed by atoms with Gasteiger partial charge in [0, 0.05) is 35.3 Å². The number of hydrogen-bond acceptors (Lipinski definition) is 12. The number of carbonyl (C=O) groups excluding carboxylic acids is 3. The van der Waals surface area contributed by atoms with Crippen LogP contribution in [0, 0.1) is 5.92 Å². The van der Waals surface area contributed by atoms with Gasteiger partial charge in [0.25, 0.3) is 0 Å². The second-order valence-electron chi connectivity index (χ2n) is 15.4. The standard InChI is InChI=1S/C24H38O6PS2Si4.C15H11O4PS2.6CH4/c1-19(18-37(9,30-36(6,7)8)29-34(2)28-35(3,4)5)24(25)27-22-14-10-20(11-15-22)21-12-16-23(17-13-21)31(26)33-32;1-10(16)15(17)19-13-6-2-11(3-7-13)12-4-8-14(9-5-12)20(18)22-21;;;;;;/h10-17,19H,18H2,1-9H3;2-9H,1H3;6*1H4. The molecule has 0 heterocycles. The van der Waals surface area contributed by atoms with Gasteiger partial charge in [0.1, 0.15) is 30.5 Å². The summed E-state index contributed by atoms with van der Waals surface area (Å²) >= 11 is 9.54. The van der Waals surface area contributed by atoms with Crippen LogP contribution in [-0.2, 0) is 68.1 Å². The normalized spacial score (nSPS) is 12.3. The van der Waals surface area contributed by atoms with Crippen LogP contribution in [0.2, 0.25) is 58.4 Å². The van der Waals surface area contributed by atoms with Gasteiger partial charge < -0.3 is 31.6 Å². The summed E-state index contributed by atoms with van der Waals surface area (Å²) in [4.78, 5) is 58.5. The van der Waals surface area contributed by atoms with Gasteiger partial charge in [-0.25, -0.2) is 4.79 Å². The van der Waals surface area contributed by atoms with Gasteiger partial charge in [0.05, 0.1) is 5.92 Å². The third-order valence-corrected chi connectivity index (χ3v) is 26.0. The molecule has 4 aromatic carbocycles. The van der Waals surface area contributed by atoms with Gasteiger partial charge in [-0.05, 0) is 147 Å². The van der Waals surface area contributed by atoms with Gasteiger partial charge >= 0.3 is 29.8 Å². The van der Waals surface area contributed by atoms with E-state index in [1.807, 2.05) is 68.5 Å². The number of carbonyl (C=O) groups is 3. The molecule has 0 amide bonds. The number of ketones is 1. The van der Waals surface area contributed by atoms with E-state index in [1.54, 1.807) is 48.5 Å². The van der Waals surface area contributed by atoms with Crippen molar-refractivity contribution in [3.63, 3.8) is 0 Å². The molecule has 1 radical (unpaired) electrons. The SMILES string of the molecule is C.C.C.C.C.C.CC(=O)C(=O)Oc1ccc(-c2ccc([P+]([O-])=S=S)cc2)cc1.CC(C[Si](C)(O[Si](C)O[Si](C)(C)C)O[Si](C)(C)C)C(=O)Oc1ccc(-c2ccc([P+]([O-])=S=S)cc2)cc1. The summed E-state index contributed by atoms with van der Waals surface area (Å²) in [6.45, 7) is 16.8. The van der Waals surface area contributed by atoms with Crippen molar-refractivity contribution < 1.29 is 46.0 Å². The second-order valence-corrected chi connectivity index (χ2v) is 37.9. The summed E-state index contributed by atoms with van der Waals surface area (Å²) in [6, 6.07) is 29.4. The smallest absolute Gasteiger partial charge is 0.379 e. The molecule has 0 aliphatic rings. The second kappa shape index (κ2) is 31.6. The number of Topliss-reactive ketones (excluding diaryl/α,β-unsaturated/α-hetero) is 1. The monoisotopic (exact) mass is 1080 g/mol. The summed E-state index contributed by atoms with van der Waals surface area (Å²) in [5, 5.41) is 1.42. The molecule has 4 unspecified atom stereocenters. The van der Waals surface area contributed by atoms with Crippen molar-refractivity contribution in [2.24, 2.45) is 5.92 Å². The molecule has 4 aromatic rings. The van der Waals surface area contributed by atoms with Crippen LogP contribution in [0.3, 0.4) is 0 Å². The van der Waals surface area contributed by atoms with Gasteiger partial charge in [-0.3, -0.25) is 9.59 Å². The van der Waals surface area contributed by atoms with Crippen molar-refractivity contribution in [1.82, 2.24) is 0 Å². The number of rotatable bonds is 16. The van der Waals surface area contributed by atoms with Crippen LogP contribution in [0.25, 0.3) is 22.3 Å². The first kappa shape index (κ1) is 69.2. The van der Waals surface area contributed by atoms with Crippen LogP contribution in [-0.4, -0.2) is 52.2 Å². The Morgan fingerprint density at radius 2 is 0.938 bits per heavy atom. The number of benzene rings is 4. The molecule has 4 atom stereocenters. The highest BCUT2D eigenvalue weighted by Gasteiger charge is 2.42. The minimum absolute atomic E-state index is 0. The van der Waals surface area contributed by atoms with Crippen LogP contribution in [0.1, 0.15) is 58.4 Å². The summed E-state index contributed by atoms with van der Waals surface area (Å²) in [6.07, 6.45) is 0. The molecule has 0 aliphatic heterocycles. The number of ether oxygens (including phenoxy) is 2. The fraction of sp³-hybridized carbons (Fsp3) is 0.400. The Hall–Kier alpha value is -2.36. The first-order valence-electron chi connectivity index (χ1n) is 18.3. The van der Waals surface area contributed by atoms with Crippen LogP contribution < -0.4 is 29.9 Å². The zero-order chi connectivity index (χ0) is 44.1. The zero-order valence-corrected chi connectivity index (χ0v) is 43.7. The first-order valence-corrected chi connectivity index (χ1v) is 36.7. The molecule has 4 rings (SSSR count). The summed E-state index contributed by atoms with van der Waals surface area (Å²) in [5.74, 6) is -1.42. The molecule has 0 aliphatic carbocycles. The van der Waals surface area contributed by atoms with Gasteiger partial charge in [0.2, 0.25) is 5.78 Å². The van der Waals surface area contributed by atoms with Crippen molar-refractivity contribution in [3.8, 4) is 33.8 Å². The maximum atomic E-state index is 13.0. The molecule has 20 heteroatoms. The minimum atomic E-state index is -2.69. The third kappa shape index (κ3) is 24.5. The molecule has 10 nitrogen and oxygen atoms in total. The maximum absolute atomic E-state index is 13.0. The lowest BCUT2D eigenvalue weighted by Gasteiger charge is -2.37. The first-order chi connectivity index (χ1) is 27.5. The minimum Gasteiger partial charge on any atom is -0.615 e. The van der Waals surface area contributed by atoms with Gasteiger partial charge in [-0.15, -0.1) is 0 Å². The average Bonchev–Trinajstić information content (AvgIpc) is 3.16. The third-order valence-electron chi connectivity index (χ3n) is 7.79. The van der Waals surface area contributed by atoms with Crippen molar-refractivity contribution in [1.29, 1.82) is 0 Å². The Kier molecular flexibility index (Phi) is 33.7. The lowest BCUT2D eigenvalue weighted by Crippen LogP contribution is -2.53. The van der Waals surface area contributed by atoms with Crippen LogP contribution in [0.4, 0.5) is 0 Å². The molecule has 0 spiro atoms. The van der Waals surface area contributed by atoms with Gasteiger partial charge in [-0.1, -0.05) is 75.7 Å². The van der Waals surface area contributed by atoms with E-state index in [9.17, 15) is 24.2 Å². The van der Waals surface area contributed by atoms with Crippen molar-refractivity contribution >= 4 is 118 Å². The topological polar surface area (TPSA) is 143 Å². The van der Waals surface area contributed by atoms with E-state index in [-0.39, 0.29) is 56.4 Å². The largest absolute Gasteiger partial charge is 0.615 e. The molecule has 0 N–H and O–H groups in total. The van der Waals surface area contributed by atoms with Crippen LogP contribution >= 0.6 is 13.8 Å².